The van der Waals surface area contributed by atoms with Gasteiger partial charge in [0.1, 0.15) is 10.3 Å². The zero-order valence-corrected chi connectivity index (χ0v) is 12.6. The van der Waals surface area contributed by atoms with Crippen LogP contribution < -0.4 is 0 Å². The summed E-state index contributed by atoms with van der Waals surface area (Å²) in [6, 6.07) is 4.04. The largest absolute Gasteiger partial charge is 0.342 e. The predicted octanol–water partition coefficient (Wildman–Crippen LogP) is 4.02. The van der Waals surface area contributed by atoms with E-state index in [1.807, 2.05) is 26.1 Å². The van der Waals surface area contributed by atoms with Crippen molar-refractivity contribution in [1.29, 1.82) is 0 Å². The van der Waals surface area contributed by atoms with Gasteiger partial charge in [-0.1, -0.05) is 32.1 Å². The molecular weight excluding hydrogens is 254 g/mol. The molecule has 0 spiro atoms. The Balaban J connectivity index is 2.50. The molecule has 2 rings (SSSR count). The van der Waals surface area contributed by atoms with E-state index in [2.05, 4.69) is 34.9 Å². The lowest BCUT2D eigenvalue weighted by Gasteiger charge is -2.09. The van der Waals surface area contributed by atoms with Crippen molar-refractivity contribution in [2.45, 2.75) is 34.1 Å². The standard InChI is InChI=1S/C15H19N3S/c1-9(2)5-12-7-13(19)18-15(17-12)14-11(4)6-10(3)8-16-14/h6-9H,5H2,1-4H3,(H,17,18,19). The first-order valence-electron chi connectivity index (χ1n) is 6.49. The summed E-state index contributed by atoms with van der Waals surface area (Å²) in [5.41, 5.74) is 4.26. The first-order valence-corrected chi connectivity index (χ1v) is 6.90. The fourth-order valence-electron chi connectivity index (χ4n) is 2.13. The summed E-state index contributed by atoms with van der Waals surface area (Å²) in [5.74, 6) is 1.34. The van der Waals surface area contributed by atoms with Crippen LogP contribution in [-0.4, -0.2) is 15.0 Å². The summed E-state index contributed by atoms with van der Waals surface area (Å²) < 4.78 is 0.617. The molecule has 0 saturated heterocycles. The zero-order chi connectivity index (χ0) is 14.0. The molecule has 0 amide bonds. The highest BCUT2D eigenvalue weighted by Gasteiger charge is 2.08. The lowest BCUT2D eigenvalue weighted by molar-refractivity contribution is 0.634. The number of nitrogens with zero attached hydrogens (tertiary/aromatic N) is 2. The average molecular weight is 273 g/mol. The molecule has 0 aliphatic rings. The van der Waals surface area contributed by atoms with Gasteiger partial charge in [-0.05, 0) is 43.4 Å². The fraction of sp³-hybridized carbons (Fsp3) is 0.400. The van der Waals surface area contributed by atoms with Crippen molar-refractivity contribution < 1.29 is 0 Å². The monoisotopic (exact) mass is 273 g/mol. The number of hydrogen-bond acceptors (Lipinski definition) is 3. The number of pyridine rings is 1. The van der Waals surface area contributed by atoms with Crippen molar-refractivity contribution >= 4 is 12.2 Å². The molecule has 0 fully saturated rings. The van der Waals surface area contributed by atoms with E-state index in [0.29, 0.717) is 10.6 Å². The van der Waals surface area contributed by atoms with E-state index in [4.69, 9.17) is 12.2 Å². The van der Waals surface area contributed by atoms with Crippen LogP contribution in [0.4, 0.5) is 0 Å². The van der Waals surface area contributed by atoms with Crippen molar-refractivity contribution in [3.8, 4) is 11.5 Å². The lowest BCUT2D eigenvalue weighted by Crippen LogP contribution is -2.02. The molecule has 0 aliphatic carbocycles. The van der Waals surface area contributed by atoms with Gasteiger partial charge in [0, 0.05) is 11.9 Å². The maximum absolute atomic E-state index is 5.25. The van der Waals surface area contributed by atoms with Gasteiger partial charge in [-0.3, -0.25) is 4.98 Å². The van der Waals surface area contributed by atoms with Crippen LogP contribution in [0.3, 0.4) is 0 Å². The molecule has 2 aromatic rings. The van der Waals surface area contributed by atoms with E-state index in [0.717, 1.165) is 34.8 Å². The van der Waals surface area contributed by atoms with Gasteiger partial charge >= 0.3 is 0 Å². The average Bonchev–Trinajstić information content (AvgIpc) is 2.26. The third-order valence-electron chi connectivity index (χ3n) is 2.87. The molecule has 1 N–H and O–H groups in total. The number of aromatic amines is 1. The van der Waals surface area contributed by atoms with Crippen molar-refractivity contribution in [1.82, 2.24) is 15.0 Å². The Morgan fingerprint density at radius 1 is 1.26 bits per heavy atom. The quantitative estimate of drug-likeness (QED) is 0.859. The Hall–Kier alpha value is -1.55. The molecule has 0 radical (unpaired) electrons. The molecule has 2 heterocycles. The zero-order valence-electron chi connectivity index (χ0n) is 11.8. The number of aromatic nitrogens is 3. The molecule has 100 valence electrons. The summed E-state index contributed by atoms with van der Waals surface area (Å²) in [7, 11) is 0. The highest BCUT2D eigenvalue weighted by atomic mass is 32.1. The van der Waals surface area contributed by atoms with Crippen molar-refractivity contribution in [2.24, 2.45) is 5.92 Å². The van der Waals surface area contributed by atoms with Gasteiger partial charge in [0.15, 0.2) is 5.82 Å². The van der Waals surface area contributed by atoms with Crippen molar-refractivity contribution in [3.63, 3.8) is 0 Å². The number of H-pyrrole nitrogens is 1. The Morgan fingerprint density at radius 3 is 2.63 bits per heavy atom. The second kappa shape index (κ2) is 5.61. The number of nitrogens with one attached hydrogen (secondary N) is 1. The first kappa shape index (κ1) is 13.9. The summed E-state index contributed by atoms with van der Waals surface area (Å²) in [6.07, 6.45) is 2.82. The molecule has 3 nitrogen and oxygen atoms in total. The molecule has 4 heteroatoms. The third-order valence-corrected chi connectivity index (χ3v) is 3.08. The molecular formula is C15H19N3S. The summed E-state index contributed by atoms with van der Waals surface area (Å²) in [5, 5.41) is 0. The van der Waals surface area contributed by atoms with E-state index in [-0.39, 0.29) is 0 Å². The van der Waals surface area contributed by atoms with Crippen molar-refractivity contribution in [3.05, 3.63) is 39.8 Å². The predicted molar refractivity (Wildman–Crippen MR) is 80.7 cm³/mol. The van der Waals surface area contributed by atoms with Crippen LogP contribution >= 0.6 is 12.2 Å². The minimum absolute atomic E-state index is 0.577. The molecule has 19 heavy (non-hydrogen) atoms. The molecule has 0 atom stereocenters. The van der Waals surface area contributed by atoms with Gasteiger partial charge < -0.3 is 4.98 Å². The van der Waals surface area contributed by atoms with Crippen LogP contribution in [0.2, 0.25) is 0 Å². The smallest absolute Gasteiger partial charge is 0.158 e. The normalized spacial score (nSPS) is 11.0. The minimum atomic E-state index is 0.577. The highest BCUT2D eigenvalue weighted by Crippen LogP contribution is 2.18. The van der Waals surface area contributed by atoms with E-state index in [1.54, 1.807) is 0 Å². The summed E-state index contributed by atoms with van der Waals surface area (Å²) in [4.78, 5) is 12.2. The van der Waals surface area contributed by atoms with Crippen LogP contribution in [0, 0.1) is 24.4 Å². The van der Waals surface area contributed by atoms with Gasteiger partial charge in [-0.25, -0.2) is 4.98 Å². The topological polar surface area (TPSA) is 41.6 Å². The van der Waals surface area contributed by atoms with Gasteiger partial charge in [0.05, 0.1) is 0 Å². The maximum Gasteiger partial charge on any atom is 0.158 e. The van der Waals surface area contributed by atoms with Gasteiger partial charge in [-0.2, -0.15) is 0 Å². The van der Waals surface area contributed by atoms with Crippen LogP contribution in [0.15, 0.2) is 18.3 Å². The first-order chi connectivity index (χ1) is 8.95. The number of aryl methyl sites for hydroxylation is 2. The third kappa shape index (κ3) is 3.47. The minimum Gasteiger partial charge on any atom is -0.342 e. The molecule has 0 saturated carbocycles. The molecule has 0 aliphatic heterocycles. The van der Waals surface area contributed by atoms with Crippen LogP contribution in [0.1, 0.15) is 30.7 Å². The second-order valence-electron chi connectivity index (χ2n) is 5.37. The Morgan fingerprint density at radius 2 is 2.00 bits per heavy atom. The van der Waals surface area contributed by atoms with Gasteiger partial charge in [-0.15, -0.1) is 0 Å². The van der Waals surface area contributed by atoms with Crippen LogP contribution in [0.25, 0.3) is 11.5 Å². The molecule has 2 aromatic heterocycles. The van der Waals surface area contributed by atoms with Crippen LogP contribution in [0.5, 0.6) is 0 Å². The van der Waals surface area contributed by atoms with E-state index < -0.39 is 0 Å². The Bertz CT molecular complexity index is 644. The maximum atomic E-state index is 5.25. The van der Waals surface area contributed by atoms with Gasteiger partial charge in [0.2, 0.25) is 0 Å². The van der Waals surface area contributed by atoms with E-state index in [9.17, 15) is 0 Å². The lowest BCUT2D eigenvalue weighted by atomic mass is 10.1. The van der Waals surface area contributed by atoms with E-state index >= 15 is 0 Å². The van der Waals surface area contributed by atoms with E-state index in [1.165, 1.54) is 0 Å². The number of rotatable bonds is 3. The van der Waals surface area contributed by atoms with Crippen LogP contribution in [-0.2, 0) is 6.42 Å². The van der Waals surface area contributed by atoms with Gasteiger partial charge in [0.25, 0.3) is 0 Å². The molecule has 0 bridgehead atoms. The molecule has 0 aromatic carbocycles. The Labute approximate surface area is 119 Å². The number of hydrogen-bond donors (Lipinski definition) is 1. The molecule has 0 unspecified atom stereocenters. The Kier molecular flexibility index (Phi) is 4.10. The summed E-state index contributed by atoms with van der Waals surface area (Å²) in [6.45, 7) is 8.45. The fourth-order valence-corrected chi connectivity index (χ4v) is 2.37. The highest BCUT2D eigenvalue weighted by molar-refractivity contribution is 7.71. The van der Waals surface area contributed by atoms with Crippen molar-refractivity contribution in [2.75, 3.05) is 0 Å². The summed E-state index contributed by atoms with van der Waals surface area (Å²) >= 11 is 5.25. The second-order valence-corrected chi connectivity index (χ2v) is 5.79. The SMILES string of the molecule is Cc1cnc(-c2nc(=S)cc(CC(C)C)[nH]2)c(C)c1.